The van der Waals surface area contributed by atoms with Crippen molar-refractivity contribution in [3.8, 4) is 5.75 Å². The van der Waals surface area contributed by atoms with Gasteiger partial charge in [-0.2, -0.15) is 0 Å². The van der Waals surface area contributed by atoms with Gasteiger partial charge in [0.05, 0.1) is 6.61 Å². The molecule has 0 saturated carbocycles. The minimum atomic E-state index is -4.63. The quantitative estimate of drug-likeness (QED) is 0.815. The van der Waals surface area contributed by atoms with E-state index in [2.05, 4.69) is 10.1 Å². The molecule has 3 nitrogen and oxygen atoms in total. The Labute approximate surface area is 114 Å². The zero-order valence-electron chi connectivity index (χ0n) is 10.6. The van der Waals surface area contributed by atoms with Crippen molar-refractivity contribution in [2.75, 3.05) is 20.3 Å². The van der Waals surface area contributed by atoms with Crippen molar-refractivity contribution in [3.63, 3.8) is 0 Å². The van der Waals surface area contributed by atoms with Crippen molar-refractivity contribution < 1.29 is 22.6 Å². The molecule has 1 N–H and O–H groups in total. The van der Waals surface area contributed by atoms with E-state index in [-0.39, 0.29) is 12.6 Å². The molecule has 0 spiro atoms. The van der Waals surface area contributed by atoms with Gasteiger partial charge in [0, 0.05) is 16.6 Å². The van der Waals surface area contributed by atoms with Crippen LogP contribution >= 0.6 is 11.6 Å². The second-order valence-corrected chi connectivity index (χ2v) is 4.27. The first-order chi connectivity index (χ1) is 8.83. The van der Waals surface area contributed by atoms with Crippen molar-refractivity contribution >= 4 is 11.6 Å². The van der Waals surface area contributed by atoms with Gasteiger partial charge in [-0.15, -0.1) is 13.2 Å². The lowest BCUT2D eigenvalue weighted by atomic mass is 10.1. The molecule has 19 heavy (non-hydrogen) atoms. The second-order valence-electron chi connectivity index (χ2n) is 3.84. The van der Waals surface area contributed by atoms with Crippen molar-refractivity contribution in [2.24, 2.45) is 0 Å². The zero-order valence-corrected chi connectivity index (χ0v) is 11.3. The summed E-state index contributed by atoms with van der Waals surface area (Å²) in [6.45, 7) is 1.15. The molecule has 1 aromatic rings. The van der Waals surface area contributed by atoms with E-state index in [4.69, 9.17) is 16.3 Å². The van der Waals surface area contributed by atoms with Crippen LogP contribution < -0.4 is 10.1 Å². The van der Waals surface area contributed by atoms with E-state index >= 15 is 0 Å². The van der Waals surface area contributed by atoms with E-state index < -0.39 is 13.0 Å². The number of alkyl halides is 3. The van der Waals surface area contributed by atoms with E-state index in [1.165, 1.54) is 0 Å². The summed E-state index contributed by atoms with van der Waals surface area (Å²) >= 11 is 5.88. The van der Waals surface area contributed by atoms with Crippen LogP contribution in [0.1, 0.15) is 18.5 Å². The van der Waals surface area contributed by atoms with Gasteiger partial charge in [-0.25, -0.2) is 0 Å². The third kappa shape index (κ3) is 5.67. The van der Waals surface area contributed by atoms with Gasteiger partial charge in [0.25, 0.3) is 0 Å². The van der Waals surface area contributed by atoms with Crippen LogP contribution in [0.5, 0.6) is 5.75 Å². The fraction of sp³-hybridized carbons (Fsp3) is 0.500. The highest BCUT2D eigenvalue weighted by Crippen LogP contribution is 2.28. The van der Waals surface area contributed by atoms with Gasteiger partial charge in [0.15, 0.2) is 0 Å². The van der Waals surface area contributed by atoms with E-state index in [1.807, 2.05) is 6.92 Å². The molecule has 1 aromatic carbocycles. The van der Waals surface area contributed by atoms with Crippen LogP contribution in [0.15, 0.2) is 18.2 Å². The molecule has 0 heterocycles. The summed E-state index contributed by atoms with van der Waals surface area (Å²) in [4.78, 5) is 0. The number of rotatable bonds is 6. The number of halogens is 4. The van der Waals surface area contributed by atoms with Gasteiger partial charge in [-0.1, -0.05) is 11.6 Å². The summed E-state index contributed by atoms with van der Waals surface area (Å²) in [5, 5.41) is 3.55. The van der Waals surface area contributed by atoms with Crippen molar-refractivity contribution in [1.29, 1.82) is 0 Å². The SMILES string of the molecule is CNC(C)c1cc(Cl)ccc1OCCOC(F)(F)F. The summed E-state index contributed by atoms with van der Waals surface area (Å²) in [5.41, 5.74) is 0.780. The molecular weight excluding hydrogens is 283 g/mol. The van der Waals surface area contributed by atoms with Crippen LogP contribution in [0.25, 0.3) is 0 Å². The Hall–Kier alpha value is -0.980. The maximum absolute atomic E-state index is 11.8. The van der Waals surface area contributed by atoms with Crippen LogP contribution in [0, 0.1) is 0 Å². The summed E-state index contributed by atoms with van der Waals surface area (Å²) < 4.78 is 44.3. The topological polar surface area (TPSA) is 30.5 Å². The normalized spacial score (nSPS) is 13.4. The van der Waals surface area contributed by atoms with Crippen LogP contribution in [0.3, 0.4) is 0 Å². The largest absolute Gasteiger partial charge is 0.522 e. The fourth-order valence-electron chi connectivity index (χ4n) is 1.45. The maximum Gasteiger partial charge on any atom is 0.522 e. The van der Waals surface area contributed by atoms with Gasteiger partial charge in [0.1, 0.15) is 12.4 Å². The third-order valence-electron chi connectivity index (χ3n) is 2.48. The standard InChI is InChI=1S/C12H15ClF3NO2/c1-8(17-2)10-7-9(13)3-4-11(10)18-5-6-19-12(14,15)16/h3-4,7-8,17H,5-6H2,1-2H3. The number of nitrogens with one attached hydrogen (secondary N) is 1. The highest BCUT2D eigenvalue weighted by atomic mass is 35.5. The molecule has 0 saturated heterocycles. The summed E-state index contributed by atoms with van der Waals surface area (Å²) in [7, 11) is 1.77. The Balaban J connectivity index is 2.62. The van der Waals surface area contributed by atoms with Crippen LogP contribution in [-0.2, 0) is 4.74 Å². The van der Waals surface area contributed by atoms with Crippen LogP contribution in [0.2, 0.25) is 5.02 Å². The summed E-state index contributed by atoms with van der Waals surface area (Å²) in [5.74, 6) is 0.483. The van der Waals surface area contributed by atoms with Crippen molar-refractivity contribution in [2.45, 2.75) is 19.3 Å². The monoisotopic (exact) mass is 297 g/mol. The van der Waals surface area contributed by atoms with E-state index in [9.17, 15) is 13.2 Å². The predicted molar refractivity (Wildman–Crippen MR) is 66.4 cm³/mol. The number of hydrogen-bond acceptors (Lipinski definition) is 3. The molecule has 1 atom stereocenters. The molecule has 0 radical (unpaired) electrons. The number of ether oxygens (including phenoxy) is 2. The molecule has 1 unspecified atom stereocenters. The lowest BCUT2D eigenvalue weighted by Gasteiger charge is -2.17. The molecule has 0 bridgehead atoms. The molecule has 0 aromatic heterocycles. The van der Waals surface area contributed by atoms with Crippen LogP contribution in [-0.4, -0.2) is 26.6 Å². The van der Waals surface area contributed by atoms with Gasteiger partial charge < -0.3 is 10.1 Å². The lowest BCUT2D eigenvalue weighted by molar-refractivity contribution is -0.325. The lowest BCUT2D eigenvalue weighted by Crippen LogP contribution is -2.19. The molecule has 0 aliphatic heterocycles. The highest BCUT2D eigenvalue weighted by molar-refractivity contribution is 6.30. The number of hydrogen-bond donors (Lipinski definition) is 1. The number of benzene rings is 1. The molecule has 7 heteroatoms. The maximum atomic E-state index is 11.8. The summed E-state index contributed by atoms with van der Waals surface area (Å²) in [6.07, 6.45) is -4.63. The Morgan fingerprint density at radius 2 is 2.00 bits per heavy atom. The third-order valence-corrected chi connectivity index (χ3v) is 2.71. The molecule has 0 aliphatic rings. The summed E-state index contributed by atoms with van der Waals surface area (Å²) in [6, 6.07) is 4.92. The molecule has 0 fully saturated rings. The predicted octanol–water partition coefficient (Wildman–Crippen LogP) is 3.54. The molecular formula is C12H15ClF3NO2. The minimum absolute atomic E-state index is 0.0303. The van der Waals surface area contributed by atoms with Crippen LogP contribution in [0.4, 0.5) is 13.2 Å². The smallest absolute Gasteiger partial charge is 0.491 e. The fourth-order valence-corrected chi connectivity index (χ4v) is 1.63. The van der Waals surface area contributed by atoms with Crippen molar-refractivity contribution in [3.05, 3.63) is 28.8 Å². The Bertz CT molecular complexity index is 412. The average molecular weight is 298 g/mol. The molecule has 0 aliphatic carbocycles. The van der Waals surface area contributed by atoms with Gasteiger partial charge in [0.2, 0.25) is 0 Å². The molecule has 0 amide bonds. The van der Waals surface area contributed by atoms with E-state index in [0.29, 0.717) is 10.8 Å². The molecule has 108 valence electrons. The Morgan fingerprint density at radius 1 is 1.32 bits per heavy atom. The van der Waals surface area contributed by atoms with Gasteiger partial charge >= 0.3 is 6.36 Å². The first kappa shape index (κ1) is 16.1. The second kappa shape index (κ2) is 6.98. The Morgan fingerprint density at radius 3 is 2.58 bits per heavy atom. The Kier molecular flexibility index (Phi) is 5.90. The molecule has 1 rings (SSSR count). The first-order valence-corrected chi connectivity index (χ1v) is 6.01. The average Bonchev–Trinajstić information content (AvgIpc) is 2.33. The van der Waals surface area contributed by atoms with E-state index in [0.717, 1.165) is 5.56 Å². The van der Waals surface area contributed by atoms with Gasteiger partial charge in [-0.3, -0.25) is 4.74 Å². The first-order valence-electron chi connectivity index (χ1n) is 5.63. The highest BCUT2D eigenvalue weighted by Gasteiger charge is 2.28. The zero-order chi connectivity index (χ0) is 14.5. The van der Waals surface area contributed by atoms with E-state index in [1.54, 1.807) is 25.2 Å². The minimum Gasteiger partial charge on any atom is -0.491 e. The van der Waals surface area contributed by atoms with Gasteiger partial charge in [-0.05, 0) is 32.2 Å². The van der Waals surface area contributed by atoms with Crippen molar-refractivity contribution in [1.82, 2.24) is 5.32 Å².